The summed E-state index contributed by atoms with van der Waals surface area (Å²) in [5.74, 6) is 4.69. The maximum Gasteiger partial charge on any atom is 0.320 e. The Morgan fingerprint density at radius 1 is 1.43 bits per heavy atom. The molecule has 0 saturated carbocycles. The molecule has 0 radical (unpaired) electrons. The van der Waals surface area contributed by atoms with Crippen molar-refractivity contribution >= 4 is 18.1 Å². The molecular formula is C7H7N3O4. The first-order chi connectivity index (χ1) is 6.56. The maximum atomic E-state index is 10.7. The first kappa shape index (κ1) is 9.93. The van der Waals surface area contributed by atoms with Crippen LogP contribution in [0.2, 0.25) is 0 Å². The van der Waals surface area contributed by atoms with Crippen LogP contribution in [0.1, 0.15) is 0 Å². The van der Waals surface area contributed by atoms with E-state index in [1.165, 1.54) is 12.1 Å². The summed E-state index contributed by atoms with van der Waals surface area (Å²) in [4.78, 5) is 14.0. The zero-order valence-electron chi connectivity index (χ0n) is 7.04. The highest BCUT2D eigenvalue weighted by Crippen LogP contribution is 2.29. The van der Waals surface area contributed by atoms with Gasteiger partial charge in [0.15, 0.2) is 0 Å². The van der Waals surface area contributed by atoms with E-state index in [1.54, 1.807) is 0 Å². The molecule has 0 aliphatic heterocycles. The van der Waals surface area contributed by atoms with Gasteiger partial charge in [0.1, 0.15) is 6.72 Å². The van der Waals surface area contributed by atoms with Crippen LogP contribution in [0.5, 0.6) is 5.75 Å². The summed E-state index contributed by atoms with van der Waals surface area (Å²) in [6.45, 7) is 3.05. The van der Waals surface area contributed by atoms with Gasteiger partial charge in [-0.1, -0.05) is 0 Å². The zero-order valence-corrected chi connectivity index (χ0v) is 7.04. The summed E-state index contributed by atoms with van der Waals surface area (Å²) >= 11 is 0. The van der Waals surface area contributed by atoms with Crippen LogP contribution in [0.15, 0.2) is 18.2 Å². The molecule has 14 heavy (non-hydrogen) atoms. The minimum Gasteiger partial charge on any atom is -0.619 e. The van der Waals surface area contributed by atoms with Gasteiger partial charge >= 0.3 is 5.69 Å². The van der Waals surface area contributed by atoms with Crippen molar-refractivity contribution in [2.24, 2.45) is 5.90 Å². The molecule has 0 bridgehead atoms. The Hall–Kier alpha value is -2.15. The smallest absolute Gasteiger partial charge is 0.320 e. The molecule has 0 aliphatic carbocycles. The van der Waals surface area contributed by atoms with E-state index in [0.717, 1.165) is 6.07 Å². The third-order valence-electron chi connectivity index (χ3n) is 1.55. The summed E-state index contributed by atoms with van der Waals surface area (Å²) < 4.78 is 0.257. The van der Waals surface area contributed by atoms with Crippen LogP contribution in [0.25, 0.3) is 0 Å². The largest absolute Gasteiger partial charge is 0.619 e. The summed E-state index contributed by atoms with van der Waals surface area (Å²) in [6, 6.07) is 3.57. The SMILES string of the molecule is C=[N+]([O-])c1ccc(ON)c([N+](=O)[O-])c1. The second-order valence-corrected chi connectivity index (χ2v) is 2.41. The van der Waals surface area contributed by atoms with Gasteiger partial charge in [-0.15, -0.1) is 0 Å². The molecule has 74 valence electrons. The summed E-state index contributed by atoms with van der Waals surface area (Å²) in [5, 5.41) is 21.2. The molecule has 0 spiro atoms. The Labute approximate surface area is 78.7 Å². The van der Waals surface area contributed by atoms with E-state index in [-0.39, 0.29) is 21.9 Å². The highest BCUT2D eigenvalue weighted by Gasteiger charge is 2.18. The third-order valence-corrected chi connectivity index (χ3v) is 1.55. The van der Waals surface area contributed by atoms with Crippen LogP contribution in [0.3, 0.4) is 0 Å². The standard InChI is InChI=1S/C7H7N3O4/c1-9(11)5-2-3-7(14-8)6(4-5)10(12)13/h2-4H,1,8H2. The predicted molar refractivity (Wildman–Crippen MR) is 48.3 cm³/mol. The number of nitrogens with two attached hydrogens (primary N) is 1. The van der Waals surface area contributed by atoms with Crippen LogP contribution in [0.4, 0.5) is 11.4 Å². The summed E-state index contributed by atoms with van der Waals surface area (Å²) in [6.07, 6.45) is 0. The van der Waals surface area contributed by atoms with E-state index < -0.39 is 4.92 Å². The molecule has 0 atom stereocenters. The Bertz CT molecular complexity index is 391. The third kappa shape index (κ3) is 1.77. The van der Waals surface area contributed by atoms with Crippen molar-refractivity contribution in [3.63, 3.8) is 0 Å². The minimum atomic E-state index is -0.699. The monoisotopic (exact) mass is 197 g/mol. The quantitative estimate of drug-likeness (QED) is 0.252. The van der Waals surface area contributed by atoms with Gasteiger partial charge in [-0.3, -0.25) is 10.1 Å². The molecule has 0 unspecified atom stereocenters. The van der Waals surface area contributed by atoms with Crippen LogP contribution in [-0.4, -0.2) is 16.4 Å². The molecule has 0 amide bonds. The predicted octanol–water partition coefficient (Wildman–Crippen LogP) is 0.690. The molecule has 1 aromatic carbocycles. The fourth-order valence-electron chi connectivity index (χ4n) is 0.903. The van der Waals surface area contributed by atoms with E-state index in [1.807, 2.05) is 0 Å². The van der Waals surface area contributed by atoms with Gasteiger partial charge in [-0.2, -0.15) is 10.6 Å². The number of hydrogen-bond donors (Lipinski definition) is 1. The van der Waals surface area contributed by atoms with Gasteiger partial charge in [0.05, 0.1) is 11.0 Å². The molecule has 0 aromatic heterocycles. The van der Waals surface area contributed by atoms with Crippen molar-refractivity contribution < 1.29 is 14.5 Å². The van der Waals surface area contributed by atoms with Gasteiger partial charge in [-0.25, -0.2) is 0 Å². The summed E-state index contributed by atoms with van der Waals surface area (Å²) in [7, 11) is 0. The number of benzene rings is 1. The van der Waals surface area contributed by atoms with Gasteiger partial charge in [0.25, 0.3) is 0 Å². The Morgan fingerprint density at radius 3 is 2.50 bits per heavy atom. The second kappa shape index (κ2) is 3.71. The van der Waals surface area contributed by atoms with Crippen LogP contribution in [-0.2, 0) is 0 Å². The van der Waals surface area contributed by atoms with Crippen molar-refractivity contribution in [3.8, 4) is 5.75 Å². The van der Waals surface area contributed by atoms with E-state index in [0.29, 0.717) is 0 Å². The normalized spacial score (nSPS) is 9.50. The fourth-order valence-corrected chi connectivity index (χ4v) is 0.903. The van der Waals surface area contributed by atoms with Crippen LogP contribution in [0, 0.1) is 15.3 Å². The lowest BCUT2D eigenvalue weighted by atomic mass is 10.2. The summed E-state index contributed by atoms with van der Waals surface area (Å²) in [5.41, 5.74) is -0.327. The minimum absolute atomic E-state index is 0.0532. The number of hydrogen-bond acceptors (Lipinski definition) is 5. The van der Waals surface area contributed by atoms with E-state index in [9.17, 15) is 15.3 Å². The lowest BCUT2D eigenvalue weighted by Gasteiger charge is -2.02. The van der Waals surface area contributed by atoms with Crippen molar-refractivity contribution in [1.29, 1.82) is 0 Å². The zero-order chi connectivity index (χ0) is 10.7. The number of nitro benzene ring substituents is 1. The van der Waals surface area contributed by atoms with Gasteiger partial charge in [0, 0.05) is 6.07 Å². The Balaban J connectivity index is 3.27. The molecule has 0 fully saturated rings. The molecule has 1 aromatic rings. The van der Waals surface area contributed by atoms with E-state index in [4.69, 9.17) is 5.90 Å². The second-order valence-electron chi connectivity index (χ2n) is 2.41. The van der Waals surface area contributed by atoms with Gasteiger partial charge in [0.2, 0.25) is 11.4 Å². The van der Waals surface area contributed by atoms with Crippen molar-refractivity contribution in [2.75, 3.05) is 0 Å². The number of nitro groups is 1. The van der Waals surface area contributed by atoms with Crippen molar-refractivity contribution in [3.05, 3.63) is 33.5 Å². The number of rotatable bonds is 3. The number of nitrogens with zero attached hydrogens (tertiary/aromatic N) is 2. The average molecular weight is 197 g/mol. The highest BCUT2D eigenvalue weighted by atomic mass is 16.6. The topological polar surface area (TPSA) is 104 Å². The Morgan fingerprint density at radius 2 is 2.07 bits per heavy atom. The van der Waals surface area contributed by atoms with Crippen molar-refractivity contribution in [1.82, 2.24) is 0 Å². The molecule has 0 aliphatic rings. The Kier molecular flexibility index (Phi) is 2.63. The van der Waals surface area contributed by atoms with Gasteiger partial charge in [-0.05, 0) is 6.07 Å². The first-order valence-electron chi connectivity index (χ1n) is 3.49. The molecule has 7 heteroatoms. The van der Waals surface area contributed by atoms with Gasteiger partial charge < -0.3 is 10.0 Å². The molecule has 0 heterocycles. The molecule has 0 saturated heterocycles. The lowest BCUT2D eigenvalue weighted by molar-refractivity contribution is -0.388. The van der Waals surface area contributed by atoms with Crippen molar-refractivity contribution in [2.45, 2.75) is 0 Å². The molecule has 1 rings (SSSR count). The van der Waals surface area contributed by atoms with Crippen LogP contribution < -0.4 is 10.7 Å². The van der Waals surface area contributed by atoms with Crippen LogP contribution >= 0.6 is 0 Å². The molecule has 7 nitrogen and oxygen atoms in total. The fraction of sp³-hybridized carbons (Fsp3) is 0. The molecule has 2 N–H and O–H groups in total. The highest BCUT2D eigenvalue weighted by molar-refractivity contribution is 5.53. The average Bonchev–Trinajstić information content (AvgIpc) is 2.16. The van der Waals surface area contributed by atoms with E-state index >= 15 is 0 Å². The lowest BCUT2D eigenvalue weighted by Crippen LogP contribution is -2.05. The first-order valence-corrected chi connectivity index (χ1v) is 3.49. The van der Waals surface area contributed by atoms with E-state index in [2.05, 4.69) is 11.6 Å². The maximum absolute atomic E-state index is 10.7. The molecular weight excluding hydrogens is 190 g/mol.